The summed E-state index contributed by atoms with van der Waals surface area (Å²) in [7, 11) is 0. The smallest absolute Gasteiger partial charge is 0.263 e. The fourth-order valence-electron chi connectivity index (χ4n) is 3.48. The molecule has 1 aliphatic heterocycles. The maximum absolute atomic E-state index is 13.4. The number of hydrogen-bond donors (Lipinski definition) is 0. The molecule has 5 nitrogen and oxygen atoms in total. The van der Waals surface area contributed by atoms with Gasteiger partial charge < -0.3 is 0 Å². The number of carbonyl (C=O) groups excluding carboxylic acids is 3. The zero-order valence-electron chi connectivity index (χ0n) is 16.3. The minimum absolute atomic E-state index is 0.149. The lowest BCUT2D eigenvalue weighted by molar-refractivity contribution is 0.0650. The summed E-state index contributed by atoms with van der Waals surface area (Å²) >= 11 is 0. The molecule has 5 heteroatoms. The number of nitrogens with zero attached hydrogens (tertiary/aromatic N) is 2. The molecule has 0 unspecified atom stereocenters. The fraction of sp³-hybridized carbons (Fsp3) is 0.125. The van der Waals surface area contributed by atoms with E-state index in [9.17, 15) is 14.4 Å². The van der Waals surface area contributed by atoms with Gasteiger partial charge in [-0.2, -0.15) is 0 Å². The van der Waals surface area contributed by atoms with Crippen molar-refractivity contribution in [1.29, 1.82) is 0 Å². The third kappa shape index (κ3) is 3.31. The molecule has 0 saturated carbocycles. The predicted octanol–water partition coefficient (Wildman–Crippen LogP) is 4.20. The number of benzene rings is 3. The van der Waals surface area contributed by atoms with E-state index in [1.165, 1.54) is 4.90 Å². The van der Waals surface area contributed by atoms with Crippen molar-refractivity contribution in [3.8, 4) is 0 Å². The van der Waals surface area contributed by atoms with Crippen LogP contribution >= 0.6 is 0 Å². The monoisotopic (exact) mass is 384 g/mol. The van der Waals surface area contributed by atoms with Crippen molar-refractivity contribution >= 4 is 23.4 Å². The van der Waals surface area contributed by atoms with E-state index in [0.717, 1.165) is 16.0 Å². The maximum Gasteiger partial charge on any atom is 0.263 e. The molecule has 4 rings (SSSR count). The van der Waals surface area contributed by atoms with Gasteiger partial charge in [0.1, 0.15) is 6.67 Å². The van der Waals surface area contributed by atoms with Crippen molar-refractivity contribution in [2.24, 2.45) is 0 Å². The number of fused-ring (bicyclic) bond motifs is 1. The van der Waals surface area contributed by atoms with E-state index < -0.39 is 0 Å². The van der Waals surface area contributed by atoms with E-state index in [0.29, 0.717) is 22.4 Å². The number of rotatable bonds is 4. The summed E-state index contributed by atoms with van der Waals surface area (Å²) in [6.07, 6.45) is 0. The Labute approximate surface area is 169 Å². The number of hydrogen-bond acceptors (Lipinski definition) is 3. The largest absolute Gasteiger partial charge is 0.289 e. The van der Waals surface area contributed by atoms with Gasteiger partial charge in [-0.25, -0.2) is 0 Å². The van der Waals surface area contributed by atoms with Crippen molar-refractivity contribution in [3.63, 3.8) is 0 Å². The van der Waals surface area contributed by atoms with Crippen molar-refractivity contribution in [2.75, 3.05) is 11.6 Å². The van der Waals surface area contributed by atoms with Gasteiger partial charge in [0.25, 0.3) is 17.7 Å². The number of para-hydroxylation sites is 1. The molecule has 0 N–H and O–H groups in total. The minimum Gasteiger partial charge on any atom is -0.289 e. The van der Waals surface area contributed by atoms with Gasteiger partial charge in [0, 0.05) is 11.3 Å². The fourth-order valence-corrected chi connectivity index (χ4v) is 3.48. The molecule has 0 aliphatic carbocycles. The van der Waals surface area contributed by atoms with E-state index in [-0.39, 0.29) is 24.4 Å². The van der Waals surface area contributed by atoms with Gasteiger partial charge in [-0.1, -0.05) is 48.0 Å². The summed E-state index contributed by atoms with van der Waals surface area (Å²) in [5.41, 5.74) is 3.81. The Hall–Kier alpha value is -3.73. The van der Waals surface area contributed by atoms with Crippen LogP contribution in [-0.4, -0.2) is 29.3 Å². The van der Waals surface area contributed by atoms with Gasteiger partial charge in [0.05, 0.1) is 11.1 Å². The molecule has 0 fully saturated rings. The molecule has 1 heterocycles. The van der Waals surface area contributed by atoms with Crippen LogP contribution in [-0.2, 0) is 0 Å². The molecule has 3 aromatic carbocycles. The van der Waals surface area contributed by atoms with Crippen LogP contribution in [0.1, 0.15) is 42.2 Å². The number of anilines is 1. The molecule has 3 amide bonds. The Balaban J connectivity index is 1.73. The highest BCUT2D eigenvalue weighted by atomic mass is 16.2. The van der Waals surface area contributed by atoms with Crippen molar-refractivity contribution < 1.29 is 14.4 Å². The standard InChI is InChI=1S/C24H20N2O3/c1-16-11-13-18(14-12-16)22(27)25(21-10-6-3-7-17(21)2)15-26-23(28)19-8-4-5-9-20(19)24(26)29/h3-14H,15H2,1-2H3. The minimum atomic E-state index is -0.388. The van der Waals surface area contributed by atoms with E-state index >= 15 is 0 Å². The second kappa shape index (κ2) is 7.36. The van der Waals surface area contributed by atoms with Crippen LogP contribution in [0, 0.1) is 13.8 Å². The summed E-state index contributed by atoms with van der Waals surface area (Å²) in [6, 6.07) is 21.4. The SMILES string of the molecule is Cc1ccc(C(=O)N(CN2C(=O)c3ccccc3C2=O)c2ccccc2C)cc1. The predicted molar refractivity (Wildman–Crippen MR) is 111 cm³/mol. The average molecular weight is 384 g/mol. The maximum atomic E-state index is 13.4. The van der Waals surface area contributed by atoms with E-state index in [1.807, 2.05) is 50.2 Å². The summed E-state index contributed by atoms with van der Waals surface area (Å²) in [5.74, 6) is -1.04. The molecule has 0 saturated heterocycles. The summed E-state index contributed by atoms with van der Waals surface area (Å²) in [4.78, 5) is 41.6. The average Bonchev–Trinajstić information content (AvgIpc) is 2.97. The third-order valence-electron chi connectivity index (χ3n) is 5.11. The summed E-state index contributed by atoms with van der Waals surface area (Å²) in [6.45, 7) is 3.70. The van der Waals surface area contributed by atoms with Crippen LogP contribution in [0.4, 0.5) is 5.69 Å². The van der Waals surface area contributed by atoms with Gasteiger partial charge >= 0.3 is 0 Å². The number of carbonyl (C=O) groups is 3. The lowest BCUT2D eigenvalue weighted by Gasteiger charge is -2.28. The highest BCUT2D eigenvalue weighted by molar-refractivity contribution is 6.22. The molecule has 144 valence electrons. The van der Waals surface area contributed by atoms with E-state index in [2.05, 4.69) is 0 Å². The third-order valence-corrected chi connectivity index (χ3v) is 5.11. The van der Waals surface area contributed by atoms with Crippen LogP contribution in [0.3, 0.4) is 0 Å². The normalized spacial score (nSPS) is 12.8. The zero-order chi connectivity index (χ0) is 20.5. The molecular weight excluding hydrogens is 364 g/mol. The first kappa shape index (κ1) is 18.6. The van der Waals surface area contributed by atoms with Gasteiger partial charge in [-0.05, 0) is 49.7 Å². The lowest BCUT2D eigenvalue weighted by atomic mass is 10.1. The van der Waals surface area contributed by atoms with Gasteiger partial charge in [0.15, 0.2) is 0 Å². The molecule has 0 spiro atoms. The summed E-state index contributed by atoms with van der Waals surface area (Å²) in [5, 5.41) is 0. The molecule has 0 radical (unpaired) electrons. The lowest BCUT2D eigenvalue weighted by Crippen LogP contribution is -2.44. The second-order valence-corrected chi connectivity index (χ2v) is 7.11. The zero-order valence-corrected chi connectivity index (χ0v) is 16.3. The number of amides is 3. The van der Waals surface area contributed by atoms with Gasteiger partial charge in [-0.15, -0.1) is 0 Å². The van der Waals surface area contributed by atoms with Crippen LogP contribution in [0.5, 0.6) is 0 Å². The van der Waals surface area contributed by atoms with Gasteiger partial charge in [0.2, 0.25) is 0 Å². The van der Waals surface area contributed by atoms with Gasteiger partial charge in [-0.3, -0.25) is 24.2 Å². The van der Waals surface area contributed by atoms with Crippen LogP contribution < -0.4 is 4.90 Å². The second-order valence-electron chi connectivity index (χ2n) is 7.11. The Kier molecular flexibility index (Phi) is 4.72. The van der Waals surface area contributed by atoms with E-state index in [1.54, 1.807) is 36.4 Å². The first-order valence-corrected chi connectivity index (χ1v) is 9.37. The molecule has 29 heavy (non-hydrogen) atoms. The highest BCUT2D eigenvalue weighted by Gasteiger charge is 2.37. The molecule has 0 bridgehead atoms. The number of imide groups is 1. The quantitative estimate of drug-likeness (QED) is 0.634. The first-order chi connectivity index (χ1) is 14.0. The molecular formula is C24H20N2O3. The molecule has 3 aromatic rings. The molecule has 0 atom stereocenters. The Morgan fingerprint density at radius 3 is 1.93 bits per heavy atom. The number of aryl methyl sites for hydroxylation is 2. The first-order valence-electron chi connectivity index (χ1n) is 9.37. The van der Waals surface area contributed by atoms with Crippen LogP contribution in [0.2, 0.25) is 0 Å². The summed E-state index contributed by atoms with van der Waals surface area (Å²) < 4.78 is 0. The highest BCUT2D eigenvalue weighted by Crippen LogP contribution is 2.27. The Bertz CT molecular complexity index is 1080. The van der Waals surface area contributed by atoms with Crippen molar-refractivity contribution in [3.05, 3.63) is 101 Å². The topological polar surface area (TPSA) is 57.7 Å². The van der Waals surface area contributed by atoms with Crippen LogP contribution in [0.15, 0.2) is 72.8 Å². The van der Waals surface area contributed by atoms with E-state index in [4.69, 9.17) is 0 Å². The Morgan fingerprint density at radius 1 is 0.793 bits per heavy atom. The van der Waals surface area contributed by atoms with Crippen molar-refractivity contribution in [1.82, 2.24) is 4.90 Å². The molecule has 0 aromatic heterocycles. The van der Waals surface area contributed by atoms with Crippen molar-refractivity contribution in [2.45, 2.75) is 13.8 Å². The Morgan fingerprint density at radius 2 is 1.34 bits per heavy atom. The van der Waals surface area contributed by atoms with Crippen LogP contribution in [0.25, 0.3) is 0 Å². The molecule has 1 aliphatic rings.